The Labute approximate surface area is 117 Å². The summed E-state index contributed by atoms with van der Waals surface area (Å²) in [6.07, 6.45) is 6.90. The molecule has 1 aliphatic heterocycles. The van der Waals surface area contributed by atoms with Crippen LogP contribution in [-0.2, 0) is 0 Å². The Kier molecular flexibility index (Phi) is 3.58. The third-order valence-corrected chi connectivity index (χ3v) is 3.52. The summed E-state index contributed by atoms with van der Waals surface area (Å²) in [6.45, 7) is 3.18. The molecule has 1 amide bonds. The number of anilines is 1. The van der Waals surface area contributed by atoms with Crippen LogP contribution in [-0.4, -0.2) is 47.0 Å². The first kappa shape index (κ1) is 12.6. The Morgan fingerprint density at radius 2 is 1.40 bits per heavy atom. The van der Waals surface area contributed by atoms with Crippen LogP contribution in [0.5, 0.6) is 0 Å². The summed E-state index contributed by atoms with van der Waals surface area (Å²) in [5.74, 6) is 0.0850. The van der Waals surface area contributed by atoms with Gasteiger partial charge in [-0.3, -0.25) is 14.8 Å². The number of carbonyl (C=O) groups is 1. The normalized spacial score (nSPS) is 15.2. The molecule has 0 aromatic carbocycles. The highest BCUT2D eigenvalue weighted by molar-refractivity contribution is 5.94. The molecular weight excluding hydrogens is 252 g/mol. The summed E-state index contributed by atoms with van der Waals surface area (Å²) in [5.41, 5.74) is 1.87. The van der Waals surface area contributed by atoms with Gasteiger partial charge in [0.1, 0.15) is 0 Å². The van der Waals surface area contributed by atoms with Gasteiger partial charge in [-0.2, -0.15) is 0 Å². The first-order valence-corrected chi connectivity index (χ1v) is 6.69. The van der Waals surface area contributed by atoms with E-state index in [-0.39, 0.29) is 5.91 Å². The Hall–Kier alpha value is -2.43. The van der Waals surface area contributed by atoms with Crippen molar-refractivity contribution in [2.45, 2.75) is 0 Å². The Morgan fingerprint density at radius 1 is 0.850 bits per heavy atom. The van der Waals surface area contributed by atoms with E-state index in [2.05, 4.69) is 14.9 Å². The van der Waals surface area contributed by atoms with E-state index in [0.717, 1.165) is 31.9 Å². The van der Waals surface area contributed by atoms with Crippen LogP contribution >= 0.6 is 0 Å². The van der Waals surface area contributed by atoms with Crippen molar-refractivity contribution >= 4 is 11.6 Å². The second-order valence-corrected chi connectivity index (χ2v) is 4.72. The minimum Gasteiger partial charge on any atom is -0.368 e. The zero-order valence-corrected chi connectivity index (χ0v) is 11.1. The summed E-state index contributed by atoms with van der Waals surface area (Å²) in [5, 5.41) is 0. The number of rotatable bonds is 2. The highest BCUT2D eigenvalue weighted by Crippen LogP contribution is 2.15. The van der Waals surface area contributed by atoms with Crippen molar-refractivity contribution in [3.63, 3.8) is 0 Å². The summed E-state index contributed by atoms with van der Waals surface area (Å²) >= 11 is 0. The average Bonchev–Trinajstić information content (AvgIpc) is 2.56. The highest BCUT2D eigenvalue weighted by atomic mass is 16.2. The molecule has 2 aromatic heterocycles. The topological polar surface area (TPSA) is 49.3 Å². The standard InChI is InChI=1S/C15H16N4O/c20-15(13-1-5-16-6-2-13)19-11-9-18(10-12-19)14-3-7-17-8-4-14/h1-8H,9-12H2. The lowest BCUT2D eigenvalue weighted by atomic mass is 10.2. The van der Waals surface area contributed by atoms with Crippen LogP contribution in [0.15, 0.2) is 49.1 Å². The van der Waals surface area contributed by atoms with Crippen LogP contribution in [0.2, 0.25) is 0 Å². The molecule has 0 saturated carbocycles. The van der Waals surface area contributed by atoms with Crippen LogP contribution in [0.25, 0.3) is 0 Å². The van der Waals surface area contributed by atoms with Crippen LogP contribution in [0.4, 0.5) is 5.69 Å². The van der Waals surface area contributed by atoms with Gasteiger partial charge in [-0.15, -0.1) is 0 Å². The molecule has 0 N–H and O–H groups in total. The van der Waals surface area contributed by atoms with Gasteiger partial charge in [-0.1, -0.05) is 0 Å². The smallest absolute Gasteiger partial charge is 0.254 e. The third kappa shape index (κ3) is 2.61. The van der Waals surface area contributed by atoms with Gasteiger partial charge >= 0.3 is 0 Å². The molecule has 1 fully saturated rings. The molecule has 3 rings (SSSR count). The quantitative estimate of drug-likeness (QED) is 0.827. The Balaban J connectivity index is 1.63. The average molecular weight is 268 g/mol. The molecule has 1 aliphatic rings. The van der Waals surface area contributed by atoms with Crippen LogP contribution in [0, 0.1) is 0 Å². The zero-order valence-electron chi connectivity index (χ0n) is 11.1. The molecule has 3 heterocycles. The maximum atomic E-state index is 12.3. The molecule has 2 aromatic rings. The van der Waals surface area contributed by atoms with Crippen LogP contribution in [0.1, 0.15) is 10.4 Å². The first-order valence-electron chi connectivity index (χ1n) is 6.69. The maximum Gasteiger partial charge on any atom is 0.254 e. The second-order valence-electron chi connectivity index (χ2n) is 4.72. The summed E-state index contributed by atoms with van der Waals surface area (Å²) in [4.78, 5) is 24.4. The number of aromatic nitrogens is 2. The van der Waals surface area contributed by atoms with Crippen LogP contribution < -0.4 is 4.90 Å². The fourth-order valence-corrected chi connectivity index (χ4v) is 2.40. The number of hydrogen-bond acceptors (Lipinski definition) is 4. The molecule has 5 heteroatoms. The molecule has 5 nitrogen and oxygen atoms in total. The largest absolute Gasteiger partial charge is 0.368 e. The lowest BCUT2D eigenvalue weighted by Gasteiger charge is -2.36. The van der Waals surface area contributed by atoms with Gasteiger partial charge in [0.25, 0.3) is 5.91 Å². The molecular formula is C15H16N4O. The maximum absolute atomic E-state index is 12.3. The van der Waals surface area contributed by atoms with E-state index in [0.29, 0.717) is 5.56 Å². The fraction of sp³-hybridized carbons (Fsp3) is 0.267. The van der Waals surface area contributed by atoms with E-state index in [1.807, 2.05) is 17.0 Å². The minimum atomic E-state index is 0.0850. The first-order chi connectivity index (χ1) is 9.84. The lowest BCUT2D eigenvalue weighted by molar-refractivity contribution is 0.0746. The van der Waals surface area contributed by atoms with Gasteiger partial charge < -0.3 is 9.80 Å². The van der Waals surface area contributed by atoms with E-state index in [4.69, 9.17) is 0 Å². The summed E-state index contributed by atoms with van der Waals surface area (Å²) in [6, 6.07) is 7.52. The van der Waals surface area contributed by atoms with Gasteiger partial charge in [0, 0.05) is 62.2 Å². The third-order valence-electron chi connectivity index (χ3n) is 3.52. The number of carbonyl (C=O) groups excluding carboxylic acids is 1. The van der Waals surface area contributed by atoms with Gasteiger partial charge in [0.15, 0.2) is 0 Å². The molecule has 0 bridgehead atoms. The monoisotopic (exact) mass is 268 g/mol. The van der Waals surface area contributed by atoms with Gasteiger partial charge in [-0.25, -0.2) is 0 Å². The van der Waals surface area contributed by atoms with E-state index in [9.17, 15) is 4.79 Å². The number of amides is 1. The second kappa shape index (κ2) is 5.69. The predicted octanol–water partition coefficient (Wildman–Crippen LogP) is 1.44. The molecule has 20 heavy (non-hydrogen) atoms. The van der Waals surface area contributed by atoms with Crippen molar-refractivity contribution < 1.29 is 4.79 Å². The van der Waals surface area contributed by atoms with E-state index in [1.54, 1.807) is 36.9 Å². The summed E-state index contributed by atoms with van der Waals surface area (Å²) in [7, 11) is 0. The lowest BCUT2D eigenvalue weighted by Crippen LogP contribution is -2.48. The number of hydrogen-bond donors (Lipinski definition) is 0. The summed E-state index contributed by atoms with van der Waals surface area (Å²) < 4.78 is 0. The molecule has 0 unspecified atom stereocenters. The van der Waals surface area contributed by atoms with Gasteiger partial charge in [0.05, 0.1) is 0 Å². The Morgan fingerprint density at radius 3 is 2.00 bits per heavy atom. The zero-order chi connectivity index (χ0) is 13.8. The Bertz CT molecular complexity index is 565. The molecule has 1 saturated heterocycles. The molecule has 0 aliphatic carbocycles. The van der Waals surface area contributed by atoms with Crippen molar-refractivity contribution in [1.29, 1.82) is 0 Å². The molecule has 0 atom stereocenters. The fourth-order valence-electron chi connectivity index (χ4n) is 2.40. The molecule has 0 spiro atoms. The molecule has 102 valence electrons. The van der Waals surface area contributed by atoms with Crippen LogP contribution in [0.3, 0.4) is 0 Å². The highest BCUT2D eigenvalue weighted by Gasteiger charge is 2.22. The number of piperazine rings is 1. The predicted molar refractivity (Wildman–Crippen MR) is 76.6 cm³/mol. The van der Waals surface area contributed by atoms with Crippen molar-refractivity contribution in [2.24, 2.45) is 0 Å². The van der Waals surface area contributed by atoms with Crippen molar-refractivity contribution in [3.8, 4) is 0 Å². The minimum absolute atomic E-state index is 0.0850. The number of nitrogens with zero attached hydrogens (tertiary/aromatic N) is 4. The van der Waals surface area contributed by atoms with E-state index in [1.165, 1.54) is 0 Å². The number of pyridine rings is 2. The molecule has 0 radical (unpaired) electrons. The van der Waals surface area contributed by atoms with Gasteiger partial charge in [-0.05, 0) is 24.3 Å². The van der Waals surface area contributed by atoms with Gasteiger partial charge in [0.2, 0.25) is 0 Å². The van der Waals surface area contributed by atoms with Crippen molar-refractivity contribution in [2.75, 3.05) is 31.1 Å². The van der Waals surface area contributed by atoms with Crippen molar-refractivity contribution in [3.05, 3.63) is 54.6 Å². The SMILES string of the molecule is O=C(c1ccncc1)N1CCN(c2ccncc2)CC1. The van der Waals surface area contributed by atoms with E-state index < -0.39 is 0 Å². The van der Waals surface area contributed by atoms with Crippen molar-refractivity contribution in [1.82, 2.24) is 14.9 Å². The van der Waals surface area contributed by atoms with E-state index >= 15 is 0 Å².